The van der Waals surface area contributed by atoms with Crippen molar-refractivity contribution in [2.45, 2.75) is 19.3 Å². The Morgan fingerprint density at radius 1 is 0.375 bits per heavy atom. The summed E-state index contributed by atoms with van der Waals surface area (Å²) >= 11 is 3.10. The van der Waals surface area contributed by atoms with Crippen molar-refractivity contribution in [3.05, 3.63) is 242 Å². The third kappa shape index (κ3) is 10.5. The molecule has 12 rings (SSSR count). The molecule has 4 N–H and O–H groups in total. The van der Waals surface area contributed by atoms with Crippen LogP contribution in [0.25, 0.3) is 75.9 Å². The number of fused-ring (bicyclic) bond motifs is 6. The molecule has 0 saturated carbocycles. The van der Waals surface area contributed by atoms with Gasteiger partial charge in [-0.25, -0.2) is 0 Å². The molecule has 4 heterocycles. The van der Waals surface area contributed by atoms with Crippen LogP contribution in [0.4, 0.5) is 0 Å². The minimum atomic E-state index is 0. The average Bonchev–Trinajstić information content (AvgIpc) is 4.17. The molecule has 12 aromatic rings. The van der Waals surface area contributed by atoms with Gasteiger partial charge in [-0.3, -0.25) is 0 Å². The van der Waals surface area contributed by atoms with Crippen LogP contribution in [-0.4, -0.2) is 42.0 Å². The van der Waals surface area contributed by atoms with Gasteiger partial charge in [-0.05, 0) is 42.8 Å². The van der Waals surface area contributed by atoms with Crippen LogP contribution < -0.4 is 0 Å². The van der Waals surface area contributed by atoms with Crippen LogP contribution in [0.5, 0.6) is 23.0 Å². The van der Waals surface area contributed by atoms with Crippen LogP contribution in [0.1, 0.15) is 30.4 Å². The fraction of sp³-hybridized carbons (Fsp3) is 0.0794. The van der Waals surface area contributed by atoms with Crippen molar-refractivity contribution in [2.24, 2.45) is 0 Å². The largest absolute Gasteiger partial charge is 0.582 e. The Labute approximate surface area is 447 Å². The van der Waals surface area contributed by atoms with Gasteiger partial charge in [0, 0.05) is 83.5 Å². The van der Waals surface area contributed by atoms with Crippen molar-refractivity contribution in [2.75, 3.05) is 13.2 Å². The Morgan fingerprint density at radius 3 is 1.01 bits per heavy atom. The van der Waals surface area contributed by atoms with Gasteiger partial charge in [0.25, 0.3) is 11.5 Å². The summed E-state index contributed by atoms with van der Waals surface area (Å²) in [5.74, 6) is 2.32. The summed E-state index contributed by atoms with van der Waals surface area (Å²) in [6.45, 7) is 8.82. The maximum atomic E-state index is 11.7. The van der Waals surface area contributed by atoms with Gasteiger partial charge in [0.1, 0.15) is 0 Å². The van der Waals surface area contributed by atoms with E-state index in [4.69, 9.17) is 9.47 Å². The number of para-hydroxylation sites is 6. The SMILES string of the molecule is Oc1c(-n2c3ccccc3c3ccccc32)csc1-c1ccccc1[OH+]CCCCC[OH+]c1ccccc1-c1scc(-n2c3ccccc3c3ccccc32)c1O.[CH2-]c1ccccc1.[CH2-]c1ccccc1.[Zr]. The third-order valence-electron chi connectivity index (χ3n) is 12.5. The Balaban J connectivity index is 0.000000369. The van der Waals surface area contributed by atoms with Gasteiger partial charge in [0.15, 0.2) is 24.7 Å². The molecule has 0 aliphatic heterocycles. The Morgan fingerprint density at radius 2 is 0.681 bits per heavy atom. The molecular weight excluding hydrogens is 1000 g/mol. The topological polar surface area (TPSA) is 75.9 Å². The maximum absolute atomic E-state index is 11.7. The van der Waals surface area contributed by atoms with Crippen LogP contribution in [0.15, 0.2) is 217 Å². The summed E-state index contributed by atoms with van der Waals surface area (Å²) in [7, 11) is 0. The van der Waals surface area contributed by atoms with E-state index in [-0.39, 0.29) is 37.7 Å². The van der Waals surface area contributed by atoms with Crippen molar-refractivity contribution < 1.29 is 45.9 Å². The molecule has 72 heavy (non-hydrogen) atoms. The zero-order valence-electron chi connectivity index (χ0n) is 39.7. The average molecular weight is 1060 g/mol. The fourth-order valence-electron chi connectivity index (χ4n) is 9.11. The van der Waals surface area contributed by atoms with Gasteiger partial charge in [-0.2, -0.15) is 49.2 Å². The van der Waals surface area contributed by atoms with E-state index in [9.17, 15) is 10.2 Å². The van der Waals surface area contributed by atoms with E-state index in [1.54, 1.807) is 22.7 Å². The van der Waals surface area contributed by atoms with E-state index in [0.717, 1.165) is 96.2 Å². The van der Waals surface area contributed by atoms with Crippen LogP contribution in [0, 0.1) is 13.8 Å². The molecule has 0 atom stereocenters. The molecule has 0 unspecified atom stereocenters. The molecule has 4 aromatic heterocycles. The number of aromatic hydroxyl groups is 4. The molecule has 0 bridgehead atoms. The van der Waals surface area contributed by atoms with Crippen molar-refractivity contribution in [1.29, 1.82) is 0 Å². The van der Waals surface area contributed by atoms with E-state index in [1.807, 2.05) is 144 Å². The number of aromatic nitrogens is 2. The van der Waals surface area contributed by atoms with Gasteiger partial charge < -0.3 is 28.8 Å². The minimum absolute atomic E-state index is 0. The molecular formula is C63H54N2O4S2Zr. The maximum Gasteiger partial charge on any atom is 0.263 e. The summed E-state index contributed by atoms with van der Waals surface area (Å²) in [5, 5.41) is 32.2. The first-order valence-corrected chi connectivity index (χ1v) is 25.6. The summed E-state index contributed by atoms with van der Waals surface area (Å²) in [6, 6.07) is 69.4. The summed E-state index contributed by atoms with van der Waals surface area (Å²) in [6.07, 6.45) is 2.85. The molecule has 0 radical (unpaired) electrons. The number of nitrogens with zero attached hydrogens (tertiary/aromatic N) is 2. The van der Waals surface area contributed by atoms with Crippen molar-refractivity contribution in [3.8, 4) is 55.3 Å². The first-order valence-electron chi connectivity index (χ1n) is 23.8. The zero-order valence-corrected chi connectivity index (χ0v) is 43.8. The molecule has 0 aliphatic rings. The molecule has 0 fully saturated rings. The number of benzene rings is 8. The van der Waals surface area contributed by atoms with Crippen LogP contribution >= 0.6 is 22.7 Å². The van der Waals surface area contributed by atoms with Crippen LogP contribution in [0.2, 0.25) is 0 Å². The predicted molar refractivity (Wildman–Crippen MR) is 300 cm³/mol. The van der Waals surface area contributed by atoms with Gasteiger partial charge in [0.05, 0.1) is 54.3 Å². The fourth-order valence-corrected chi connectivity index (χ4v) is 11.0. The van der Waals surface area contributed by atoms with E-state index >= 15 is 0 Å². The first-order chi connectivity index (χ1) is 35.0. The predicted octanol–water partition coefficient (Wildman–Crippen LogP) is 16.8. The second-order valence-corrected chi connectivity index (χ2v) is 18.9. The molecule has 0 spiro atoms. The normalized spacial score (nSPS) is 10.9. The number of thiophene rings is 2. The standard InChI is InChI=1S/C49H38N2O4S2.2C7H7.Zr/c52-46-42(50-38-22-8-2-16-32(38)33-17-3-9-23-39(33)50)30-56-48(46)36-20-6-12-26-44(36)54-28-14-1-15-29-55-45-27-13-7-21-37(45)49-47(53)43(31-57-49)51-40-24-10-4-18-34(40)35-19-5-11-25-41(35)51;2*1-7-5-3-2-4-6-7;/h2-13,16-27,30-31,52-53H,1,14-15,28-29H2;2*2-6H,1H2;/q;2*-1;/p+2. The number of ether oxygens (including phenoxy) is 2. The molecule has 356 valence electrons. The van der Waals surface area contributed by atoms with Crippen molar-refractivity contribution in [1.82, 2.24) is 9.13 Å². The van der Waals surface area contributed by atoms with Gasteiger partial charge in [0.2, 0.25) is 0 Å². The van der Waals surface area contributed by atoms with Crippen molar-refractivity contribution in [3.63, 3.8) is 0 Å². The molecule has 6 nitrogen and oxygen atoms in total. The minimum Gasteiger partial charge on any atom is -0.582 e. The Hall–Kier alpha value is -7.42. The summed E-state index contributed by atoms with van der Waals surface area (Å²) in [5.41, 5.74) is 9.87. The second-order valence-electron chi connectivity index (χ2n) is 17.2. The van der Waals surface area contributed by atoms with E-state index in [2.05, 4.69) is 95.8 Å². The smallest absolute Gasteiger partial charge is 0.263 e. The quantitative estimate of drug-likeness (QED) is 0.0727. The number of aliphatic hydroxyl groups is 2. The Bertz CT molecular complexity index is 3360. The Kier molecular flexibility index (Phi) is 16.0. The summed E-state index contributed by atoms with van der Waals surface area (Å²) < 4.78 is 14.3. The molecule has 8 aromatic carbocycles. The van der Waals surface area contributed by atoms with Gasteiger partial charge in [-0.15, -0.1) is 46.9 Å². The monoisotopic (exact) mass is 1060 g/mol. The second kappa shape index (κ2) is 23.2. The number of hydrogen-bond donors (Lipinski definition) is 2. The zero-order chi connectivity index (χ0) is 48.5. The molecule has 0 aliphatic carbocycles. The van der Waals surface area contributed by atoms with E-state index in [0.29, 0.717) is 13.2 Å². The summed E-state index contributed by atoms with van der Waals surface area (Å²) in [4.78, 5) is 1.64. The number of rotatable bonds is 12. The van der Waals surface area contributed by atoms with E-state index < -0.39 is 0 Å². The third-order valence-corrected chi connectivity index (χ3v) is 14.5. The van der Waals surface area contributed by atoms with Gasteiger partial charge >= 0.3 is 0 Å². The molecule has 9 heteroatoms. The van der Waals surface area contributed by atoms with Crippen LogP contribution in [-0.2, 0) is 26.2 Å². The van der Waals surface area contributed by atoms with E-state index in [1.165, 1.54) is 21.5 Å². The number of hydrogen-bond acceptors (Lipinski definition) is 4. The van der Waals surface area contributed by atoms with Gasteiger partial charge in [-0.1, -0.05) is 109 Å². The van der Waals surface area contributed by atoms with Crippen molar-refractivity contribution >= 4 is 66.3 Å². The number of unbranched alkanes of at least 4 members (excludes halogenated alkanes) is 2. The van der Waals surface area contributed by atoms with Crippen LogP contribution in [0.3, 0.4) is 0 Å². The molecule has 0 saturated heterocycles. The first kappa shape index (κ1) is 49.6. The molecule has 0 amide bonds.